The Morgan fingerprint density at radius 2 is 1.53 bits per heavy atom. The van der Waals surface area contributed by atoms with E-state index in [1.165, 1.54) is 19.3 Å². The zero-order valence-corrected chi connectivity index (χ0v) is 11.6. The van der Waals surface area contributed by atoms with Gasteiger partial charge in [0.15, 0.2) is 0 Å². The second-order valence-electron chi connectivity index (χ2n) is 4.08. The summed E-state index contributed by atoms with van der Waals surface area (Å²) >= 11 is 0. The van der Waals surface area contributed by atoms with E-state index in [-0.39, 0.29) is 13.2 Å². The van der Waals surface area contributed by atoms with Crippen LogP contribution in [-0.4, -0.2) is 50.1 Å². The van der Waals surface area contributed by atoms with Gasteiger partial charge in [-0.05, 0) is 6.42 Å². The Morgan fingerprint density at radius 1 is 0.895 bits per heavy atom. The van der Waals surface area contributed by atoms with Crippen LogP contribution >= 0.6 is 0 Å². The minimum Gasteiger partial charge on any atom is -0.481 e. The molecule has 6 nitrogen and oxygen atoms in total. The number of hydrogen-bond donors (Lipinski definition) is 1. The predicted molar refractivity (Wildman–Crippen MR) is 69.0 cm³/mol. The summed E-state index contributed by atoms with van der Waals surface area (Å²) in [5.74, 6) is -1.94. The van der Waals surface area contributed by atoms with E-state index < -0.39 is 18.4 Å². The molecule has 0 aromatic heterocycles. The van der Waals surface area contributed by atoms with E-state index in [0.717, 1.165) is 13.0 Å². The van der Waals surface area contributed by atoms with Gasteiger partial charge < -0.3 is 19.3 Å². The van der Waals surface area contributed by atoms with Crippen molar-refractivity contribution in [2.24, 2.45) is 0 Å². The number of carboxylic acid groups (broad SMARTS) is 1. The number of esters is 1. The highest BCUT2D eigenvalue weighted by atomic mass is 16.6. The number of carbonyl (C=O) groups excluding carboxylic acids is 1. The Morgan fingerprint density at radius 3 is 2.16 bits per heavy atom. The summed E-state index contributed by atoms with van der Waals surface area (Å²) < 4.78 is 15.2. The molecule has 0 aliphatic heterocycles. The van der Waals surface area contributed by atoms with Crippen molar-refractivity contribution in [3.8, 4) is 0 Å². The summed E-state index contributed by atoms with van der Waals surface area (Å²) in [7, 11) is 0. The predicted octanol–water partition coefficient (Wildman–Crippen LogP) is 1.62. The zero-order chi connectivity index (χ0) is 14.3. The van der Waals surface area contributed by atoms with E-state index in [1.54, 1.807) is 0 Å². The van der Waals surface area contributed by atoms with Gasteiger partial charge in [-0.3, -0.25) is 9.59 Å². The Balaban J connectivity index is 3.10. The van der Waals surface area contributed by atoms with Gasteiger partial charge >= 0.3 is 11.9 Å². The summed E-state index contributed by atoms with van der Waals surface area (Å²) in [6.45, 7) is 4.21. The molecule has 0 heterocycles. The van der Waals surface area contributed by atoms with Crippen molar-refractivity contribution in [1.82, 2.24) is 0 Å². The highest BCUT2D eigenvalue weighted by molar-refractivity contribution is 5.90. The lowest BCUT2D eigenvalue weighted by Gasteiger charge is -2.06. The summed E-state index contributed by atoms with van der Waals surface area (Å²) in [5, 5.41) is 8.31. The first kappa shape index (κ1) is 17.9. The molecule has 0 atom stereocenters. The molecule has 0 spiro atoms. The molecule has 0 unspecified atom stereocenters. The Labute approximate surface area is 114 Å². The number of carboxylic acids is 1. The average molecular weight is 276 g/mol. The average Bonchev–Trinajstić information content (AvgIpc) is 2.35. The Kier molecular flexibility index (Phi) is 12.5. The minimum atomic E-state index is -1.19. The fourth-order valence-electron chi connectivity index (χ4n) is 1.34. The lowest BCUT2D eigenvalue weighted by atomic mass is 10.2. The molecule has 0 saturated carbocycles. The monoisotopic (exact) mass is 276 g/mol. The Hall–Kier alpha value is -1.14. The van der Waals surface area contributed by atoms with Gasteiger partial charge in [0.25, 0.3) is 0 Å². The minimum absolute atomic E-state index is 0.0720. The molecule has 0 saturated heterocycles. The third kappa shape index (κ3) is 14.8. The fourth-order valence-corrected chi connectivity index (χ4v) is 1.34. The molecular weight excluding hydrogens is 252 g/mol. The van der Waals surface area contributed by atoms with Crippen molar-refractivity contribution in [3.63, 3.8) is 0 Å². The molecule has 0 aliphatic rings. The largest absolute Gasteiger partial charge is 0.481 e. The smallest absolute Gasteiger partial charge is 0.317 e. The maximum Gasteiger partial charge on any atom is 0.317 e. The Bertz CT molecular complexity index is 241. The maximum atomic E-state index is 10.8. The van der Waals surface area contributed by atoms with Gasteiger partial charge in [0.2, 0.25) is 0 Å². The highest BCUT2D eigenvalue weighted by Crippen LogP contribution is 1.98. The summed E-state index contributed by atoms with van der Waals surface area (Å²) in [5.41, 5.74) is 0. The van der Waals surface area contributed by atoms with Crippen molar-refractivity contribution >= 4 is 11.9 Å². The lowest BCUT2D eigenvalue weighted by Crippen LogP contribution is -2.15. The molecule has 1 N–H and O–H groups in total. The first-order valence-corrected chi connectivity index (χ1v) is 6.69. The second-order valence-corrected chi connectivity index (χ2v) is 4.08. The van der Waals surface area contributed by atoms with Crippen LogP contribution in [0.4, 0.5) is 0 Å². The molecule has 0 rings (SSSR count). The van der Waals surface area contributed by atoms with Crippen molar-refractivity contribution in [2.45, 2.75) is 39.0 Å². The van der Waals surface area contributed by atoms with Gasteiger partial charge in [-0.1, -0.05) is 26.2 Å². The SMILES string of the molecule is CCCCCCOCCOCCOC(=O)CC(=O)O. The van der Waals surface area contributed by atoms with Crippen molar-refractivity contribution < 1.29 is 28.9 Å². The van der Waals surface area contributed by atoms with Crippen molar-refractivity contribution in [1.29, 1.82) is 0 Å². The summed E-state index contributed by atoms with van der Waals surface area (Å²) in [6, 6.07) is 0. The highest BCUT2D eigenvalue weighted by Gasteiger charge is 2.07. The van der Waals surface area contributed by atoms with Gasteiger partial charge in [0.1, 0.15) is 13.0 Å². The molecule has 0 bridgehead atoms. The molecule has 112 valence electrons. The third-order valence-electron chi connectivity index (χ3n) is 2.30. The van der Waals surface area contributed by atoms with Crippen LogP contribution in [0.2, 0.25) is 0 Å². The van der Waals surface area contributed by atoms with Crippen molar-refractivity contribution in [2.75, 3.05) is 33.0 Å². The summed E-state index contributed by atoms with van der Waals surface area (Å²) in [4.78, 5) is 21.0. The number of aliphatic carboxylic acids is 1. The van der Waals surface area contributed by atoms with Gasteiger partial charge in [0.05, 0.1) is 19.8 Å². The zero-order valence-electron chi connectivity index (χ0n) is 11.6. The van der Waals surface area contributed by atoms with E-state index in [2.05, 4.69) is 11.7 Å². The first-order valence-electron chi connectivity index (χ1n) is 6.69. The molecule has 0 radical (unpaired) electrons. The molecule has 0 aromatic rings. The van der Waals surface area contributed by atoms with E-state index in [9.17, 15) is 9.59 Å². The second kappa shape index (κ2) is 13.3. The lowest BCUT2D eigenvalue weighted by molar-refractivity contribution is -0.152. The summed E-state index contributed by atoms with van der Waals surface area (Å²) in [6.07, 6.45) is 4.10. The number of rotatable bonds is 13. The normalized spacial score (nSPS) is 10.4. The standard InChI is InChI=1S/C13H24O6/c1-2-3-4-5-6-17-7-8-18-9-10-19-13(16)11-12(14)15/h2-11H2,1H3,(H,14,15). The molecule has 0 fully saturated rings. The number of carbonyl (C=O) groups is 2. The van der Waals surface area contributed by atoms with Crippen molar-refractivity contribution in [3.05, 3.63) is 0 Å². The molecular formula is C13H24O6. The molecule has 0 aliphatic carbocycles. The van der Waals surface area contributed by atoms with Crippen LogP contribution in [0.25, 0.3) is 0 Å². The van der Waals surface area contributed by atoms with Crippen LogP contribution in [0, 0.1) is 0 Å². The first-order chi connectivity index (χ1) is 9.16. The number of ether oxygens (including phenoxy) is 3. The van der Waals surface area contributed by atoms with E-state index >= 15 is 0 Å². The van der Waals surface area contributed by atoms with Crippen LogP contribution in [0.15, 0.2) is 0 Å². The van der Waals surface area contributed by atoms with E-state index in [4.69, 9.17) is 14.6 Å². The van der Waals surface area contributed by atoms with Gasteiger partial charge in [-0.25, -0.2) is 0 Å². The van der Waals surface area contributed by atoms with Crippen LogP contribution in [-0.2, 0) is 23.8 Å². The van der Waals surface area contributed by atoms with Crippen LogP contribution in [0.5, 0.6) is 0 Å². The molecule has 0 aromatic carbocycles. The fraction of sp³-hybridized carbons (Fsp3) is 0.846. The van der Waals surface area contributed by atoms with Gasteiger partial charge in [0, 0.05) is 6.61 Å². The number of unbranched alkanes of at least 4 members (excludes halogenated alkanes) is 3. The number of hydrogen-bond acceptors (Lipinski definition) is 5. The molecule has 0 amide bonds. The van der Waals surface area contributed by atoms with Gasteiger partial charge in [-0.15, -0.1) is 0 Å². The van der Waals surface area contributed by atoms with Crippen LogP contribution < -0.4 is 0 Å². The topological polar surface area (TPSA) is 82.1 Å². The molecule has 19 heavy (non-hydrogen) atoms. The molecule has 6 heteroatoms. The van der Waals surface area contributed by atoms with E-state index in [0.29, 0.717) is 13.2 Å². The van der Waals surface area contributed by atoms with Gasteiger partial charge in [-0.2, -0.15) is 0 Å². The van der Waals surface area contributed by atoms with E-state index in [1.807, 2.05) is 0 Å². The quantitative estimate of drug-likeness (QED) is 0.313. The third-order valence-corrected chi connectivity index (χ3v) is 2.30. The maximum absolute atomic E-state index is 10.8. The van der Waals surface area contributed by atoms with Crippen LogP contribution in [0.3, 0.4) is 0 Å². The van der Waals surface area contributed by atoms with Crippen LogP contribution in [0.1, 0.15) is 39.0 Å².